The highest BCUT2D eigenvalue weighted by atomic mass is 79.9. The molecule has 0 amide bonds. The number of carbonyl (C=O) groups excluding carboxylic acids is 1. The number of Topliss-reactive ketones (excluding diaryl/α,β-unsaturated/α-hetero) is 1. The molecule has 1 aliphatic heterocycles. The Hall–Kier alpha value is -1.79. The number of aliphatic imine (C=N–C) groups is 1. The second kappa shape index (κ2) is 10.5. The van der Waals surface area contributed by atoms with Gasteiger partial charge in [-0.15, -0.1) is 17.0 Å². The van der Waals surface area contributed by atoms with Crippen molar-refractivity contribution in [3.05, 3.63) is 59.7 Å². The first-order valence-electron chi connectivity index (χ1n) is 8.95. The number of ether oxygens (including phenoxy) is 1. The molecule has 2 aromatic rings. The maximum Gasteiger partial charge on any atom is 0.182 e. The van der Waals surface area contributed by atoms with Gasteiger partial charge in [-0.3, -0.25) is 9.79 Å². The average molecular weight is 449 g/mol. The summed E-state index contributed by atoms with van der Waals surface area (Å²) in [5.74, 6) is 1.87. The summed E-state index contributed by atoms with van der Waals surface area (Å²) in [7, 11) is 0. The van der Waals surface area contributed by atoms with Crippen LogP contribution in [0.1, 0.15) is 29.3 Å². The molecule has 2 aromatic carbocycles. The molecule has 4 nitrogen and oxygen atoms in total. The second-order valence-corrected chi connectivity index (χ2v) is 7.20. The number of anilines is 1. The molecule has 0 aromatic heterocycles. The van der Waals surface area contributed by atoms with E-state index in [0.29, 0.717) is 6.61 Å². The van der Waals surface area contributed by atoms with E-state index in [2.05, 4.69) is 4.99 Å². The summed E-state index contributed by atoms with van der Waals surface area (Å²) in [6, 6.07) is 15.6. The number of halogens is 1. The van der Waals surface area contributed by atoms with Crippen LogP contribution < -0.4 is 9.64 Å². The number of amidine groups is 1. The molecule has 0 N–H and O–H groups in total. The molecular formula is C21H25BrN2O2S. The summed E-state index contributed by atoms with van der Waals surface area (Å²) in [6.45, 7) is 5.61. The lowest BCUT2D eigenvalue weighted by Gasteiger charge is -2.28. The summed E-state index contributed by atoms with van der Waals surface area (Å²) in [6.07, 6.45) is 1.07. The average Bonchev–Trinajstić information content (AvgIpc) is 2.68. The number of thioether (sulfide) groups is 1. The number of hydrogen-bond donors (Lipinski definition) is 0. The number of ketones is 1. The monoisotopic (exact) mass is 448 g/mol. The number of hydrogen-bond acceptors (Lipinski definition) is 5. The Bertz CT molecular complexity index is 793. The molecular weight excluding hydrogens is 424 g/mol. The van der Waals surface area contributed by atoms with Crippen molar-refractivity contribution in [2.75, 3.05) is 30.3 Å². The molecule has 3 rings (SSSR count). The lowest BCUT2D eigenvalue weighted by atomic mass is 10.1. The van der Waals surface area contributed by atoms with E-state index in [1.807, 2.05) is 67.3 Å². The second-order valence-electron chi connectivity index (χ2n) is 6.14. The van der Waals surface area contributed by atoms with Gasteiger partial charge in [0.15, 0.2) is 11.0 Å². The van der Waals surface area contributed by atoms with Crippen molar-refractivity contribution in [1.29, 1.82) is 0 Å². The molecule has 0 radical (unpaired) electrons. The van der Waals surface area contributed by atoms with E-state index in [-0.39, 0.29) is 29.3 Å². The highest BCUT2D eigenvalue weighted by Crippen LogP contribution is 2.31. The van der Waals surface area contributed by atoms with E-state index in [9.17, 15) is 4.79 Å². The van der Waals surface area contributed by atoms with Crippen LogP contribution in [0.15, 0.2) is 53.5 Å². The molecule has 27 heavy (non-hydrogen) atoms. The number of aryl methyl sites for hydroxylation is 1. The van der Waals surface area contributed by atoms with Crippen molar-refractivity contribution < 1.29 is 9.53 Å². The summed E-state index contributed by atoms with van der Waals surface area (Å²) < 4.78 is 5.79. The first kappa shape index (κ1) is 21.5. The first-order valence-corrected chi connectivity index (χ1v) is 9.94. The van der Waals surface area contributed by atoms with Crippen LogP contribution in [0.3, 0.4) is 0 Å². The van der Waals surface area contributed by atoms with Gasteiger partial charge in [-0.2, -0.15) is 0 Å². The largest absolute Gasteiger partial charge is 0.492 e. The fourth-order valence-corrected chi connectivity index (χ4v) is 3.76. The number of benzene rings is 2. The lowest BCUT2D eigenvalue weighted by Crippen LogP contribution is -2.36. The van der Waals surface area contributed by atoms with E-state index in [4.69, 9.17) is 4.74 Å². The van der Waals surface area contributed by atoms with E-state index in [0.717, 1.165) is 46.4 Å². The highest BCUT2D eigenvalue weighted by Gasteiger charge is 2.23. The van der Waals surface area contributed by atoms with Crippen molar-refractivity contribution in [2.24, 2.45) is 4.99 Å². The molecule has 0 fully saturated rings. The zero-order chi connectivity index (χ0) is 18.4. The quantitative estimate of drug-likeness (QED) is 0.572. The van der Waals surface area contributed by atoms with Gasteiger partial charge >= 0.3 is 0 Å². The Morgan fingerprint density at radius 3 is 2.59 bits per heavy atom. The zero-order valence-electron chi connectivity index (χ0n) is 15.7. The molecule has 0 saturated heterocycles. The zero-order valence-corrected chi connectivity index (χ0v) is 18.2. The van der Waals surface area contributed by atoms with E-state index in [1.54, 1.807) is 11.8 Å². The summed E-state index contributed by atoms with van der Waals surface area (Å²) in [5, 5.41) is 0.892. The Kier molecular flexibility index (Phi) is 8.38. The van der Waals surface area contributed by atoms with Crippen LogP contribution in [0.4, 0.5) is 5.69 Å². The van der Waals surface area contributed by atoms with Gasteiger partial charge in [-0.1, -0.05) is 53.7 Å². The topological polar surface area (TPSA) is 41.9 Å². The minimum atomic E-state index is 0. The number of rotatable bonds is 6. The minimum Gasteiger partial charge on any atom is -0.492 e. The minimum absolute atomic E-state index is 0. The van der Waals surface area contributed by atoms with Gasteiger partial charge in [-0.05, 0) is 32.4 Å². The Labute approximate surface area is 175 Å². The van der Waals surface area contributed by atoms with Crippen LogP contribution in [-0.4, -0.2) is 36.4 Å². The predicted octanol–water partition coefficient (Wildman–Crippen LogP) is 5.15. The summed E-state index contributed by atoms with van der Waals surface area (Å²) in [5.41, 5.74) is 2.76. The summed E-state index contributed by atoms with van der Waals surface area (Å²) >= 11 is 1.70. The van der Waals surface area contributed by atoms with E-state index in [1.165, 1.54) is 0 Å². The van der Waals surface area contributed by atoms with Crippen molar-refractivity contribution >= 4 is 45.4 Å². The number of nitrogens with zero attached hydrogens (tertiary/aromatic N) is 2. The van der Waals surface area contributed by atoms with Crippen LogP contribution in [0.5, 0.6) is 5.75 Å². The van der Waals surface area contributed by atoms with Crippen LogP contribution in [0.25, 0.3) is 0 Å². The molecule has 0 unspecified atom stereocenters. The Morgan fingerprint density at radius 2 is 1.93 bits per heavy atom. The Balaban J connectivity index is 0.00000261. The molecule has 0 bridgehead atoms. The molecule has 1 aliphatic rings. The van der Waals surface area contributed by atoms with Gasteiger partial charge in [-0.25, -0.2) is 0 Å². The third-order valence-electron chi connectivity index (χ3n) is 4.14. The molecule has 144 valence electrons. The maximum absolute atomic E-state index is 12.9. The molecule has 0 atom stereocenters. The number of para-hydroxylation sites is 2. The third-order valence-corrected chi connectivity index (χ3v) is 5.24. The van der Waals surface area contributed by atoms with Gasteiger partial charge < -0.3 is 9.64 Å². The Morgan fingerprint density at radius 1 is 1.19 bits per heavy atom. The van der Waals surface area contributed by atoms with Gasteiger partial charge in [0, 0.05) is 17.9 Å². The van der Waals surface area contributed by atoms with Crippen molar-refractivity contribution in [2.45, 2.75) is 20.3 Å². The third kappa shape index (κ3) is 5.59. The smallest absolute Gasteiger partial charge is 0.182 e. The molecule has 0 saturated carbocycles. The summed E-state index contributed by atoms with van der Waals surface area (Å²) in [4.78, 5) is 19.6. The lowest BCUT2D eigenvalue weighted by molar-refractivity contribution is 0.100. The SMILES string of the molecule is Br.CCOc1ccccc1N(CC(=O)c1ccc(C)cc1)C1=NCCCS1. The van der Waals surface area contributed by atoms with Crippen LogP contribution >= 0.6 is 28.7 Å². The fraction of sp³-hybridized carbons (Fsp3) is 0.333. The van der Waals surface area contributed by atoms with Gasteiger partial charge in [0.25, 0.3) is 0 Å². The normalized spacial score (nSPS) is 13.3. The van der Waals surface area contributed by atoms with Crippen molar-refractivity contribution in [1.82, 2.24) is 0 Å². The van der Waals surface area contributed by atoms with Crippen LogP contribution in [0, 0.1) is 6.92 Å². The van der Waals surface area contributed by atoms with Crippen molar-refractivity contribution in [3.63, 3.8) is 0 Å². The van der Waals surface area contributed by atoms with Crippen LogP contribution in [0.2, 0.25) is 0 Å². The van der Waals surface area contributed by atoms with Gasteiger partial charge in [0.1, 0.15) is 5.75 Å². The highest BCUT2D eigenvalue weighted by molar-refractivity contribution is 8.93. The molecule has 0 spiro atoms. The van der Waals surface area contributed by atoms with Crippen LogP contribution in [-0.2, 0) is 0 Å². The van der Waals surface area contributed by atoms with E-state index >= 15 is 0 Å². The maximum atomic E-state index is 12.9. The fourth-order valence-electron chi connectivity index (χ4n) is 2.80. The van der Waals surface area contributed by atoms with Gasteiger partial charge in [0.2, 0.25) is 0 Å². The predicted molar refractivity (Wildman–Crippen MR) is 120 cm³/mol. The molecule has 6 heteroatoms. The molecule has 1 heterocycles. The number of carbonyl (C=O) groups is 1. The van der Waals surface area contributed by atoms with Crippen molar-refractivity contribution in [3.8, 4) is 5.75 Å². The van der Waals surface area contributed by atoms with E-state index < -0.39 is 0 Å². The first-order chi connectivity index (χ1) is 12.7. The molecule has 0 aliphatic carbocycles. The van der Waals surface area contributed by atoms with Gasteiger partial charge in [0.05, 0.1) is 18.8 Å². The standard InChI is InChI=1S/C21H24N2O2S.BrH/c1-3-25-20-8-5-4-7-18(20)23(21-22-13-6-14-26-21)15-19(24)17-11-9-16(2)10-12-17;/h4-5,7-12H,3,6,13-15H2,1-2H3;1H.